The van der Waals surface area contributed by atoms with Crippen molar-refractivity contribution < 1.29 is 14.7 Å². The van der Waals surface area contributed by atoms with Crippen LogP contribution in [0, 0.1) is 0 Å². The van der Waals surface area contributed by atoms with Crippen molar-refractivity contribution in [3.05, 3.63) is 102 Å². The molecule has 0 saturated heterocycles. The van der Waals surface area contributed by atoms with Crippen molar-refractivity contribution >= 4 is 18.0 Å². The Balaban J connectivity index is 1.60. The number of amides is 2. The number of carbonyl (C=O) groups excluding carboxylic acids is 2. The van der Waals surface area contributed by atoms with Crippen LogP contribution in [-0.2, 0) is 9.59 Å². The maximum absolute atomic E-state index is 12.8. The molecule has 6 nitrogen and oxygen atoms in total. The van der Waals surface area contributed by atoms with Crippen LogP contribution in [0.15, 0.2) is 90.0 Å². The highest BCUT2D eigenvalue weighted by Crippen LogP contribution is 2.24. The second kappa shape index (κ2) is 9.85. The van der Waals surface area contributed by atoms with E-state index in [9.17, 15) is 14.7 Å². The molecule has 0 aliphatic rings. The van der Waals surface area contributed by atoms with Crippen molar-refractivity contribution in [3.8, 4) is 5.75 Å². The van der Waals surface area contributed by atoms with Gasteiger partial charge < -0.3 is 10.4 Å². The molecule has 3 rings (SSSR count). The molecule has 0 fully saturated rings. The summed E-state index contributed by atoms with van der Waals surface area (Å²) in [6.45, 7) is -0.193. The Morgan fingerprint density at radius 2 is 1.41 bits per heavy atom. The van der Waals surface area contributed by atoms with E-state index in [0.29, 0.717) is 0 Å². The highest BCUT2D eigenvalue weighted by Gasteiger charge is 2.22. The minimum atomic E-state index is -0.509. The van der Waals surface area contributed by atoms with Gasteiger partial charge in [0.15, 0.2) is 0 Å². The predicted molar refractivity (Wildman–Crippen MR) is 112 cm³/mol. The highest BCUT2D eigenvalue weighted by molar-refractivity contribution is 5.91. The average molecular weight is 387 g/mol. The normalized spacial score (nSPS) is 10.8. The molecule has 3 N–H and O–H groups in total. The molecule has 2 amide bonds. The largest absolute Gasteiger partial charge is 0.508 e. The molecule has 146 valence electrons. The Hall–Kier alpha value is -3.93. The lowest BCUT2D eigenvalue weighted by atomic mass is 9.90. The second-order valence-corrected chi connectivity index (χ2v) is 6.36. The number of hydrazone groups is 1. The molecule has 0 heterocycles. The van der Waals surface area contributed by atoms with Crippen LogP contribution in [0.3, 0.4) is 0 Å². The van der Waals surface area contributed by atoms with Crippen LogP contribution < -0.4 is 10.7 Å². The summed E-state index contributed by atoms with van der Waals surface area (Å²) in [5.74, 6) is -1.06. The van der Waals surface area contributed by atoms with E-state index < -0.39 is 11.8 Å². The lowest BCUT2D eigenvalue weighted by molar-refractivity contribution is -0.126. The molecule has 0 bridgehead atoms. The molecule has 0 radical (unpaired) electrons. The average Bonchev–Trinajstić information content (AvgIpc) is 2.75. The summed E-state index contributed by atoms with van der Waals surface area (Å²) < 4.78 is 0. The van der Waals surface area contributed by atoms with E-state index in [2.05, 4.69) is 15.8 Å². The van der Waals surface area contributed by atoms with Crippen LogP contribution >= 0.6 is 0 Å². The number of nitrogens with zero attached hydrogens (tertiary/aromatic N) is 1. The van der Waals surface area contributed by atoms with Gasteiger partial charge in [0.2, 0.25) is 5.91 Å². The highest BCUT2D eigenvalue weighted by atomic mass is 16.3. The molecule has 0 aliphatic heterocycles. The third-order valence-electron chi connectivity index (χ3n) is 4.25. The third-order valence-corrected chi connectivity index (χ3v) is 4.25. The summed E-state index contributed by atoms with van der Waals surface area (Å²) in [7, 11) is 0. The molecule has 3 aromatic rings. The molecule has 0 spiro atoms. The quantitative estimate of drug-likeness (QED) is 0.430. The number of phenols is 1. The first-order valence-electron chi connectivity index (χ1n) is 9.12. The van der Waals surface area contributed by atoms with E-state index in [1.54, 1.807) is 12.1 Å². The third kappa shape index (κ3) is 5.77. The second-order valence-electron chi connectivity index (χ2n) is 6.36. The first-order valence-corrected chi connectivity index (χ1v) is 9.12. The number of carbonyl (C=O) groups is 2. The Morgan fingerprint density at radius 3 is 1.97 bits per heavy atom. The van der Waals surface area contributed by atoms with Gasteiger partial charge in [0.25, 0.3) is 5.91 Å². The SMILES string of the molecule is O=C(CNC(=O)C(c1ccccc1)c1ccccc1)NN=Cc1ccc(O)cc1. The van der Waals surface area contributed by atoms with Gasteiger partial charge in [-0.05, 0) is 41.0 Å². The number of aromatic hydroxyl groups is 1. The fourth-order valence-corrected chi connectivity index (χ4v) is 2.83. The van der Waals surface area contributed by atoms with Crippen molar-refractivity contribution in [2.24, 2.45) is 5.10 Å². The summed E-state index contributed by atoms with van der Waals surface area (Å²) in [5, 5.41) is 15.8. The first-order chi connectivity index (χ1) is 14.1. The molecule has 29 heavy (non-hydrogen) atoms. The molecule has 0 atom stereocenters. The van der Waals surface area contributed by atoms with Crippen LogP contribution in [0.4, 0.5) is 0 Å². The van der Waals surface area contributed by atoms with E-state index in [1.807, 2.05) is 60.7 Å². The molecule has 3 aromatic carbocycles. The van der Waals surface area contributed by atoms with Gasteiger partial charge in [0, 0.05) is 0 Å². The van der Waals surface area contributed by atoms with E-state index in [1.165, 1.54) is 18.3 Å². The van der Waals surface area contributed by atoms with Crippen LogP contribution in [0.1, 0.15) is 22.6 Å². The molecule has 0 aliphatic carbocycles. The fourth-order valence-electron chi connectivity index (χ4n) is 2.83. The number of nitrogens with one attached hydrogen (secondary N) is 2. The lowest BCUT2D eigenvalue weighted by Gasteiger charge is -2.17. The standard InChI is InChI=1S/C23H21N3O3/c27-20-13-11-17(12-14-20)15-25-26-21(28)16-24-23(29)22(18-7-3-1-4-8-18)19-9-5-2-6-10-19/h1-15,22,27H,16H2,(H,24,29)(H,26,28). The fraction of sp³-hybridized carbons (Fsp3) is 0.0870. The zero-order chi connectivity index (χ0) is 20.5. The van der Waals surface area contributed by atoms with Gasteiger partial charge >= 0.3 is 0 Å². The molecule has 0 unspecified atom stereocenters. The van der Waals surface area contributed by atoms with Crippen molar-refractivity contribution in [1.82, 2.24) is 10.7 Å². The van der Waals surface area contributed by atoms with Gasteiger partial charge in [-0.1, -0.05) is 60.7 Å². The van der Waals surface area contributed by atoms with Gasteiger partial charge in [-0.25, -0.2) is 5.43 Å². The van der Waals surface area contributed by atoms with E-state index in [0.717, 1.165) is 16.7 Å². The number of benzene rings is 3. The van der Waals surface area contributed by atoms with Crippen LogP contribution in [0.2, 0.25) is 0 Å². The van der Waals surface area contributed by atoms with Crippen LogP contribution in [-0.4, -0.2) is 29.7 Å². The molecular weight excluding hydrogens is 366 g/mol. The topological polar surface area (TPSA) is 90.8 Å². The van der Waals surface area contributed by atoms with E-state index in [4.69, 9.17) is 0 Å². The van der Waals surface area contributed by atoms with Crippen molar-refractivity contribution in [1.29, 1.82) is 0 Å². The minimum Gasteiger partial charge on any atom is -0.508 e. The van der Waals surface area contributed by atoms with Crippen LogP contribution in [0.5, 0.6) is 5.75 Å². The summed E-state index contributed by atoms with van der Waals surface area (Å²) in [6.07, 6.45) is 1.45. The van der Waals surface area contributed by atoms with Gasteiger partial charge in [0.05, 0.1) is 18.7 Å². The smallest absolute Gasteiger partial charge is 0.259 e. The number of hydrogen-bond acceptors (Lipinski definition) is 4. The van der Waals surface area contributed by atoms with Crippen molar-refractivity contribution in [2.75, 3.05) is 6.54 Å². The number of hydrogen-bond donors (Lipinski definition) is 3. The Morgan fingerprint density at radius 1 is 0.862 bits per heavy atom. The number of phenolic OH excluding ortho intramolecular Hbond substituents is 1. The lowest BCUT2D eigenvalue weighted by Crippen LogP contribution is -2.37. The molecule has 6 heteroatoms. The first kappa shape index (κ1) is 19.8. The maximum Gasteiger partial charge on any atom is 0.259 e. The van der Waals surface area contributed by atoms with Gasteiger partial charge in [-0.2, -0.15) is 5.10 Å². The minimum absolute atomic E-state index is 0.153. The Kier molecular flexibility index (Phi) is 6.73. The zero-order valence-electron chi connectivity index (χ0n) is 15.7. The Labute approximate surface area is 168 Å². The van der Waals surface area contributed by atoms with Gasteiger partial charge in [0.1, 0.15) is 5.75 Å². The Bertz CT molecular complexity index is 932. The summed E-state index contributed by atoms with van der Waals surface area (Å²) >= 11 is 0. The maximum atomic E-state index is 12.8. The van der Waals surface area contributed by atoms with Gasteiger partial charge in [-0.3, -0.25) is 9.59 Å². The summed E-state index contributed by atoms with van der Waals surface area (Å²) in [5.41, 5.74) is 4.79. The van der Waals surface area contributed by atoms with Crippen LogP contribution in [0.25, 0.3) is 0 Å². The van der Waals surface area contributed by atoms with E-state index in [-0.39, 0.29) is 18.2 Å². The monoisotopic (exact) mass is 387 g/mol. The molecule has 0 saturated carbocycles. The zero-order valence-corrected chi connectivity index (χ0v) is 15.7. The summed E-state index contributed by atoms with van der Waals surface area (Å²) in [4.78, 5) is 24.8. The molecule has 0 aromatic heterocycles. The molecular formula is C23H21N3O3. The predicted octanol–water partition coefficient (Wildman–Crippen LogP) is 2.79. The number of rotatable bonds is 7. The van der Waals surface area contributed by atoms with E-state index >= 15 is 0 Å². The summed E-state index contributed by atoms with van der Waals surface area (Å²) in [6, 6.07) is 25.2. The van der Waals surface area contributed by atoms with Gasteiger partial charge in [-0.15, -0.1) is 0 Å². The van der Waals surface area contributed by atoms with Crippen molar-refractivity contribution in [2.45, 2.75) is 5.92 Å². The van der Waals surface area contributed by atoms with Crippen molar-refractivity contribution in [3.63, 3.8) is 0 Å².